The fraction of sp³-hybridized carbons (Fsp3) is 0.280. The molecule has 0 bridgehead atoms. The number of carbonyl (C=O) groups is 2. The molecule has 178 valence electrons. The van der Waals surface area contributed by atoms with Gasteiger partial charge in [-0.25, -0.2) is 9.18 Å². The fourth-order valence-electron chi connectivity index (χ4n) is 4.23. The number of methoxy groups -OCH3 is 2. The molecule has 1 atom stereocenters. The average Bonchev–Trinajstić information content (AvgIpc) is 2.81. The van der Waals surface area contributed by atoms with Crippen LogP contribution in [0.15, 0.2) is 63.7 Å². The molecule has 0 saturated carbocycles. The molecule has 0 aromatic heterocycles. The molecule has 0 unspecified atom stereocenters. The van der Waals surface area contributed by atoms with E-state index in [0.29, 0.717) is 57.7 Å². The third-order valence-electron chi connectivity index (χ3n) is 5.75. The lowest BCUT2D eigenvalue weighted by molar-refractivity contribution is -0.136. The lowest BCUT2D eigenvalue weighted by Gasteiger charge is -2.32. The molecule has 2 aromatic rings. The van der Waals surface area contributed by atoms with Crippen molar-refractivity contribution in [1.29, 1.82) is 0 Å². The highest BCUT2D eigenvalue weighted by Gasteiger charge is 2.41. The minimum Gasteiger partial charge on any atom is -0.493 e. The van der Waals surface area contributed by atoms with Gasteiger partial charge >= 0.3 is 5.97 Å². The second-order valence-corrected chi connectivity index (χ2v) is 8.73. The summed E-state index contributed by atoms with van der Waals surface area (Å²) in [5.41, 5.74) is 7.78. The van der Waals surface area contributed by atoms with Crippen LogP contribution in [-0.2, 0) is 25.7 Å². The molecule has 1 aliphatic carbocycles. The van der Waals surface area contributed by atoms with Crippen LogP contribution in [0.3, 0.4) is 0 Å². The van der Waals surface area contributed by atoms with Gasteiger partial charge in [-0.3, -0.25) is 4.79 Å². The number of nitrogens with two attached hydrogens (primary N) is 1. The van der Waals surface area contributed by atoms with E-state index in [0.717, 1.165) is 0 Å². The predicted octanol–water partition coefficient (Wildman–Crippen LogP) is 4.64. The Bertz CT molecular complexity index is 1220. The van der Waals surface area contributed by atoms with Crippen molar-refractivity contribution >= 4 is 27.7 Å². The standard InChI is InChI=1S/C25H23BrFNO6/c1-31-19-11-14(10-16(26)23(19)33-12-13-5-3-6-15(27)9-13)20-21-17(29)7-4-8-18(21)34-24(28)22(20)25(30)32-2/h3,5-6,9-11,20H,4,7-8,12,28H2,1-2H3/t20-/m1/s1. The van der Waals surface area contributed by atoms with Gasteiger partial charge in [0.1, 0.15) is 23.8 Å². The Morgan fingerprint density at radius 3 is 2.74 bits per heavy atom. The van der Waals surface area contributed by atoms with Crippen LogP contribution in [0, 0.1) is 5.82 Å². The highest BCUT2D eigenvalue weighted by molar-refractivity contribution is 9.10. The lowest BCUT2D eigenvalue weighted by Crippen LogP contribution is -2.31. The van der Waals surface area contributed by atoms with Crippen molar-refractivity contribution in [2.24, 2.45) is 5.73 Å². The van der Waals surface area contributed by atoms with Crippen LogP contribution in [0.5, 0.6) is 11.5 Å². The van der Waals surface area contributed by atoms with Crippen molar-refractivity contribution < 1.29 is 32.9 Å². The molecule has 9 heteroatoms. The van der Waals surface area contributed by atoms with E-state index in [1.807, 2.05) is 0 Å². The van der Waals surface area contributed by atoms with Crippen molar-refractivity contribution in [3.63, 3.8) is 0 Å². The van der Waals surface area contributed by atoms with E-state index in [2.05, 4.69) is 15.9 Å². The Morgan fingerprint density at radius 2 is 2.03 bits per heavy atom. The zero-order chi connectivity index (χ0) is 24.4. The second kappa shape index (κ2) is 9.89. The molecular formula is C25H23BrFNO6. The maximum Gasteiger partial charge on any atom is 0.340 e. The van der Waals surface area contributed by atoms with Gasteiger partial charge in [0.2, 0.25) is 5.88 Å². The Hall–Kier alpha value is -3.33. The number of carbonyl (C=O) groups excluding carboxylic acids is 2. The van der Waals surface area contributed by atoms with E-state index in [9.17, 15) is 14.0 Å². The summed E-state index contributed by atoms with van der Waals surface area (Å²) < 4.78 is 36.1. The summed E-state index contributed by atoms with van der Waals surface area (Å²) in [6, 6.07) is 9.52. The number of rotatable bonds is 6. The SMILES string of the molecule is COC(=O)C1=C(N)OC2=C(C(=O)CCC2)[C@H]1c1cc(Br)c(OCc2cccc(F)c2)c(OC)c1. The van der Waals surface area contributed by atoms with Gasteiger partial charge in [-0.15, -0.1) is 0 Å². The normalized spacial score (nSPS) is 17.8. The zero-order valence-corrected chi connectivity index (χ0v) is 20.2. The first kappa shape index (κ1) is 23.8. The monoisotopic (exact) mass is 531 g/mol. The molecule has 1 aliphatic heterocycles. The van der Waals surface area contributed by atoms with Crippen molar-refractivity contribution in [3.8, 4) is 11.5 Å². The van der Waals surface area contributed by atoms with Gasteiger partial charge in [0.15, 0.2) is 17.3 Å². The van der Waals surface area contributed by atoms with E-state index in [4.69, 9.17) is 24.7 Å². The molecule has 2 N–H and O–H groups in total. The number of halogens is 2. The Labute approximate surface area is 204 Å². The third kappa shape index (κ3) is 4.52. The van der Waals surface area contributed by atoms with Gasteiger partial charge in [-0.2, -0.15) is 0 Å². The van der Waals surface area contributed by atoms with Gasteiger partial charge in [-0.05, 0) is 57.7 Å². The molecule has 0 amide bonds. The smallest absolute Gasteiger partial charge is 0.340 e. The quantitative estimate of drug-likeness (QED) is 0.542. The molecule has 2 aromatic carbocycles. The summed E-state index contributed by atoms with van der Waals surface area (Å²) in [6.45, 7) is 0.109. The molecule has 4 rings (SSSR count). The highest BCUT2D eigenvalue weighted by Crippen LogP contribution is 2.47. The van der Waals surface area contributed by atoms with Crippen molar-refractivity contribution in [3.05, 3.63) is 80.6 Å². The van der Waals surface area contributed by atoms with Gasteiger partial charge in [0.05, 0.1) is 24.6 Å². The van der Waals surface area contributed by atoms with Crippen LogP contribution >= 0.6 is 15.9 Å². The van der Waals surface area contributed by atoms with Crippen molar-refractivity contribution in [1.82, 2.24) is 0 Å². The minimum atomic E-state index is -0.786. The van der Waals surface area contributed by atoms with Crippen molar-refractivity contribution in [2.45, 2.75) is 31.8 Å². The van der Waals surface area contributed by atoms with Crippen LogP contribution < -0.4 is 15.2 Å². The lowest BCUT2D eigenvalue weighted by atomic mass is 9.77. The second-order valence-electron chi connectivity index (χ2n) is 7.87. The summed E-state index contributed by atoms with van der Waals surface area (Å²) in [7, 11) is 2.72. The minimum absolute atomic E-state index is 0.0545. The summed E-state index contributed by atoms with van der Waals surface area (Å²) in [6.07, 6.45) is 1.53. The molecule has 2 aliphatic rings. The number of ketones is 1. The molecule has 0 saturated heterocycles. The average molecular weight is 532 g/mol. The van der Waals surface area contributed by atoms with E-state index in [-0.39, 0.29) is 29.7 Å². The Morgan fingerprint density at radius 1 is 1.24 bits per heavy atom. The number of Topliss-reactive ketones (excluding diaryl/α,β-unsaturated/α-hetero) is 1. The number of benzene rings is 2. The molecule has 0 spiro atoms. The van der Waals surface area contributed by atoms with E-state index in [1.165, 1.54) is 26.4 Å². The topological polar surface area (TPSA) is 97.1 Å². The van der Waals surface area contributed by atoms with Gasteiger partial charge in [0.25, 0.3) is 0 Å². The third-order valence-corrected chi connectivity index (χ3v) is 6.34. The van der Waals surface area contributed by atoms with Gasteiger partial charge in [0, 0.05) is 18.4 Å². The van der Waals surface area contributed by atoms with Crippen LogP contribution in [0.1, 0.15) is 36.3 Å². The first-order valence-corrected chi connectivity index (χ1v) is 11.4. The van der Waals surface area contributed by atoms with Gasteiger partial charge in [-0.1, -0.05) is 12.1 Å². The largest absolute Gasteiger partial charge is 0.493 e. The zero-order valence-electron chi connectivity index (χ0n) is 18.7. The maximum atomic E-state index is 13.5. The molecule has 0 radical (unpaired) electrons. The summed E-state index contributed by atoms with van der Waals surface area (Å²) in [5, 5.41) is 0. The molecular weight excluding hydrogens is 509 g/mol. The number of hydrogen-bond acceptors (Lipinski definition) is 7. The number of hydrogen-bond donors (Lipinski definition) is 1. The summed E-state index contributed by atoms with van der Waals surface area (Å²) >= 11 is 3.51. The van der Waals surface area contributed by atoms with Gasteiger partial charge < -0.3 is 24.7 Å². The first-order chi connectivity index (χ1) is 16.3. The van der Waals surface area contributed by atoms with E-state index < -0.39 is 11.9 Å². The fourth-order valence-corrected chi connectivity index (χ4v) is 4.80. The number of esters is 1. The molecule has 7 nitrogen and oxygen atoms in total. The highest BCUT2D eigenvalue weighted by atomic mass is 79.9. The maximum absolute atomic E-state index is 13.5. The van der Waals surface area contributed by atoms with Crippen molar-refractivity contribution in [2.75, 3.05) is 14.2 Å². The van der Waals surface area contributed by atoms with Crippen LogP contribution in [0.4, 0.5) is 4.39 Å². The Kier molecular flexibility index (Phi) is 6.92. The van der Waals surface area contributed by atoms with E-state index in [1.54, 1.807) is 24.3 Å². The molecule has 1 heterocycles. The number of ether oxygens (including phenoxy) is 4. The van der Waals surface area contributed by atoms with E-state index >= 15 is 0 Å². The molecule has 0 fully saturated rings. The first-order valence-electron chi connectivity index (χ1n) is 10.6. The number of allylic oxidation sites excluding steroid dienone is 2. The molecule has 34 heavy (non-hydrogen) atoms. The summed E-state index contributed by atoms with van der Waals surface area (Å²) in [5.74, 6) is -0.812. The van der Waals surface area contributed by atoms with Crippen LogP contribution in [0.2, 0.25) is 0 Å². The summed E-state index contributed by atoms with van der Waals surface area (Å²) in [4.78, 5) is 25.6. The van der Waals surface area contributed by atoms with Crippen LogP contribution in [-0.4, -0.2) is 26.0 Å². The van der Waals surface area contributed by atoms with Crippen LogP contribution in [0.25, 0.3) is 0 Å². The Balaban J connectivity index is 1.77. The predicted molar refractivity (Wildman–Crippen MR) is 124 cm³/mol.